The van der Waals surface area contributed by atoms with E-state index in [2.05, 4.69) is 16.8 Å². The molecule has 0 spiro atoms. The summed E-state index contributed by atoms with van der Waals surface area (Å²) in [5.41, 5.74) is 0.726. The topological polar surface area (TPSA) is 36.4 Å². The molecule has 2 aliphatic heterocycles. The number of carbonyl (C=O) groups excluding carboxylic acids is 1. The second-order valence-corrected chi connectivity index (χ2v) is 6.30. The molecule has 2 fully saturated rings. The summed E-state index contributed by atoms with van der Waals surface area (Å²) in [7, 11) is 0. The minimum absolute atomic E-state index is 0.139. The van der Waals surface area contributed by atoms with Crippen LogP contribution in [0.2, 0.25) is 0 Å². The van der Waals surface area contributed by atoms with Gasteiger partial charge in [-0.1, -0.05) is 0 Å². The number of aromatic nitrogens is 1. The van der Waals surface area contributed by atoms with E-state index in [0.29, 0.717) is 6.04 Å². The Kier molecular flexibility index (Phi) is 4.42. The van der Waals surface area contributed by atoms with E-state index in [9.17, 15) is 4.79 Å². The van der Waals surface area contributed by atoms with E-state index in [1.165, 1.54) is 25.7 Å². The van der Waals surface area contributed by atoms with Crippen molar-refractivity contribution in [2.75, 3.05) is 24.5 Å². The number of piperidine rings is 2. The third-order valence-corrected chi connectivity index (χ3v) is 4.74. The van der Waals surface area contributed by atoms with Crippen molar-refractivity contribution in [2.24, 2.45) is 0 Å². The molecule has 1 aromatic heterocycles. The fraction of sp³-hybridized carbons (Fsp3) is 0.647. The van der Waals surface area contributed by atoms with E-state index in [-0.39, 0.29) is 5.91 Å². The highest BCUT2D eigenvalue weighted by molar-refractivity contribution is 5.94. The molecule has 21 heavy (non-hydrogen) atoms. The highest BCUT2D eigenvalue weighted by atomic mass is 16.2. The molecule has 1 atom stereocenters. The van der Waals surface area contributed by atoms with Crippen molar-refractivity contribution in [3.8, 4) is 0 Å². The number of pyridine rings is 1. The number of carbonyl (C=O) groups is 1. The number of hydrogen-bond donors (Lipinski definition) is 0. The average molecular weight is 287 g/mol. The van der Waals surface area contributed by atoms with Gasteiger partial charge in [0.05, 0.1) is 5.56 Å². The van der Waals surface area contributed by atoms with E-state index in [4.69, 9.17) is 0 Å². The Hall–Kier alpha value is -1.58. The lowest BCUT2D eigenvalue weighted by atomic mass is 10.0. The van der Waals surface area contributed by atoms with Gasteiger partial charge in [-0.3, -0.25) is 4.79 Å². The summed E-state index contributed by atoms with van der Waals surface area (Å²) in [4.78, 5) is 21.4. The second kappa shape index (κ2) is 6.46. The monoisotopic (exact) mass is 287 g/mol. The van der Waals surface area contributed by atoms with Crippen LogP contribution in [0.25, 0.3) is 0 Å². The van der Waals surface area contributed by atoms with Crippen molar-refractivity contribution in [3.63, 3.8) is 0 Å². The van der Waals surface area contributed by atoms with E-state index in [1.807, 2.05) is 17.0 Å². The van der Waals surface area contributed by atoms with Crippen LogP contribution in [0.15, 0.2) is 18.3 Å². The Morgan fingerprint density at radius 3 is 2.52 bits per heavy atom. The summed E-state index contributed by atoms with van der Waals surface area (Å²) >= 11 is 0. The molecule has 0 saturated carbocycles. The standard InChI is InChI=1S/C17H25N3O/c1-14-7-3-6-12-20(14)17(21)15-8-9-16(18-13-15)19-10-4-2-5-11-19/h8-9,13-14H,2-7,10-12H2,1H3. The summed E-state index contributed by atoms with van der Waals surface area (Å²) in [5, 5.41) is 0. The van der Waals surface area contributed by atoms with Gasteiger partial charge in [-0.05, 0) is 57.6 Å². The van der Waals surface area contributed by atoms with E-state index >= 15 is 0 Å². The zero-order valence-corrected chi connectivity index (χ0v) is 12.9. The van der Waals surface area contributed by atoms with Gasteiger partial charge in [0.2, 0.25) is 0 Å². The lowest BCUT2D eigenvalue weighted by Gasteiger charge is -2.33. The Labute approximate surface area is 127 Å². The van der Waals surface area contributed by atoms with Gasteiger partial charge >= 0.3 is 0 Å². The van der Waals surface area contributed by atoms with Gasteiger partial charge in [-0.25, -0.2) is 4.98 Å². The number of nitrogens with zero attached hydrogens (tertiary/aromatic N) is 3. The lowest BCUT2D eigenvalue weighted by molar-refractivity contribution is 0.0635. The molecule has 0 bridgehead atoms. The first kappa shape index (κ1) is 14.4. The zero-order valence-electron chi connectivity index (χ0n) is 12.9. The largest absolute Gasteiger partial charge is 0.357 e. The molecule has 2 saturated heterocycles. The molecule has 0 radical (unpaired) electrons. The van der Waals surface area contributed by atoms with Gasteiger partial charge in [0.25, 0.3) is 5.91 Å². The summed E-state index contributed by atoms with van der Waals surface area (Å²) in [5.74, 6) is 1.15. The van der Waals surface area contributed by atoms with Gasteiger partial charge in [0, 0.05) is 31.9 Å². The molecule has 2 aliphatic rings. The Balaban J connectivity index is 1.69. The molecule has 0 aromatic carbocycles. The highest BCUT2D eigenvalue weighted by Gasteiger charge is 2.24. The predicted molar refractivity (Wildman–Crippen MR) is 84.7 cm³/mol. The van der Waals surface area contributed by atoms with Crippen LogP contribution < -0.4 is 4.90 Å². The molecule has 0 N–H and O–H groups in total. The quantitative estimate of drug-likeness (QED) is 0.838. The molecule has 3 rings (SSSR count). The maximum absolute atomic E-state index is 12.6. The first-order valence-corrected chi connectivity index (χ1v) is 8.27. The second-order valence-electron chi connectivity index (χ2n) is 6.30. The van der Waals surface area contributed by atoms with E-state index in [0.717, 1.165) is 43.9 Å². The van der Waals surface area contributed by atoms with Gasteiger partial charge < -0.3 is 9.80 Å². The number of rotatable bonds is 2. The van der Waals surface area contributed by atoms with Crippen LogP contribution in [0.1, 0.15) is 55.8 Å². The Morgan fingerprint density at radius 1 is 1.10 bits per heavy atom. The molecule has 1 amide bonds. The van der Waals surface area contributed by atoms with Gasteiger partial charge in [-0.2, -0.15) is 0 Å². The van der Waals surface area contributed by atoms with Crippen LogP contribution in [-0.2, 0) is 0 Å². The molecule has 1 aromatic rings. The molecule has 114 valence electrons. The molecule has 4 heteroatoms. The first-order chi connectivity index (χ1) is 10.3. The van der Waals surface area contributed by atoms with Gasteiger partial charge in [0.1, 0.15) is 5.82 Å². The minimum atomic E-state index is 0.139. The fourth-order valence-corrected chi connectivity index (χ4v) is 3.39. The van der Waals surface area contributed by atoms with Gasteiger partial charge in [-0.15, -0.1) is 0 Å². The van der Waals surface area contributed by atoms with E-state index in [1.54, 1.807) is 6.20 Å². The van der Waals surface area contributed by atoms with Crippen molar-refractivity contribution >= 4 is 11.7 Å². The molecule has 3 heterocycles. The number of anilines is 1. The third-order valence-electron chi connectivity index (χ3n) is 4.74. The summed E-state index contributed by atoms with van der Waals surface area (Å²) < 4.78 is 0. The highest BCUT2D eigenvalue weighted by Crippen LogP contribution is 2.21. The maximum Gasteiger partial charge on any atom is 0.255 e. The van der Waals surface area contributed by atoms with Crippen LogP contribution in [0, 0.1) is 0 Å². The number of hydrogen-bond acceptors (Lipinski definition) is 3. The SMILES string of the molecule is CC1CCCCN1C(=O)c1ccc(N2CCCCC2)nc1. The van der Waals surface area contributed by atoms with Crippen LogP contribution in [0.5, 0.6) is 0 Å². The van der Waals surface area contributed by atoms with Crippen molar-refractivity contribution < 1.29 is 4.79 Å². The Bertz CT molecular complexity index is 479. The number of likely N-dealkylation sites (tertiary alicyclic amines) is 1. The van der Waals surface area contributed by atoms with Crippen LogP contribution in [0.3, 0.4) is 0 Å². The molecular weight excluding hydrogens is 262 g/mol. The van der Waals surface area contributed by atoms with Crippen molar-refractivity contribution in [1.82, 2.24) is 9.88 Å². The van der Waals surface area contributed by atoms with Crippen LogP contribution in [0.4, 0.5) is 5.82 Å². The summed E-state index contributed by atoms with van der Waals surface area (Å²) in [6.07, 6.45) is 9.03. The van der Waals surface area contributed by atoms with E-state index < -0.39 is 0 Å². The summed E-state index contributed by atoms with van der Waals surface area (Å²) in [6.45, 7) is 5.20. The normalized spacial score (nSPS) is 23.2. The zero-order chi connectivity index (χ0) is 14.7. The Morgan fingerprint density at radius 2 is 1.86 bits per heavy atom. The molecule has 4 nitrogen and oxygen atoms in total. The lowest BCUT2D eigenvalue weighted by Crippen LogP contribution is -2.42. The fourth-order valence-electron chi connectivity index (χ4n) is 3.39. The predicted octanol–water partition coefficient (Wildman–Crippen LogP) is 3.09. The summed E-state index contributed by atoms with van der Waals surface area (Å²) in [6, 6.07) is 4.31. The smallest absolute Gasteiger partial charge is 0.255 e. The minimum Gasteiger partial charge on any atom is -0.357 e. The number of amides is 1. The average Bonchev–Trinajstić information content (AvgIpc) is 2.56. The molecule has 1 unspecified atom stereocenters. The third kappa shape index (κ3) is 3.20. The maximum atomic E-state index is 12.6. The van der Waals surface area contributed by atoms with Crippen LogP contribution >= 0.6 is 0 Å². The van der Waals surface area contributed by atoms with Crippen LogP contribution in [-0.4, -0.2) is 41.5 Å². The first-order valence-electron chi connectivity index (χ1n) is 8.27. The van der Waals surface area contributed by atoms with Gasteiger partial charge in [0.15, 0.2) is 0 Å². The molecular formula is C17H25N3O. The van der Waals surface area contributed by atoms with Crippen molar-refractivity contribution in [2.45, 2.75) is 51.5 Å². The van der Waals surface area contributed by atoms with Crippen molar-refractivity contribution in [1.29, 1.82) is 0 Å². The van der Waals surface area contributed by atoms with Crippen molar-refractivity contribution in [3.05, 3.63) is 23.9 Å². The molecule has 0 aliphatic carbocycles.